The second-order valence-electron chi connectivity index (χ2n) is 11.9. The van der Waals surface area contributed by atoms with E-state index in [1.165, 1.54) is 0 Å². The first kappa shape index (κ1) is 29.1. The summed E-state index contributed by atoms with van der Waals surface area (Å²) in [6.45, 7) is 6.39. The molecule has 0 radical (unpaired) electrons. The number of hydrogen-bond donors (Lipinski definition) is 1. The van der Waals surface area contributed by atoms with Gasteiger partial charge < -0.3 is 20.0 Å². The van der Waals surface area contributed by atoms with Crippen LogP contribution < -0.4 is 5.32 Å². The Morgan fingerprint density at radius 1 is 0.976 bits per heavy atom. The number of likely N-dealkylation sites (tertiary alicyclic amines) is 3. The molecule has 0 aromatic heterocycles. The van der Waals surface area contributed by atoms with Gasteiger partial charge in [-0.1, -0.05) is 48.0 Å². The molecule has 2 aromatic rings. The van der Waals surface area contributed by atoms with E-state index >= 15 is 0 Å². The number of nitrogens with zero attached hydrogens (tertiary/aromatic N) is 3. The van der Waals surface area contributed by atoms with Crippen LogP contribution in [0.15, 0.2) is 48.5 Å². The molecular weight excluding hydrogens is 533 g/mol. The molecule has 0 saturated carbocycles. The Hall–Kier alpha value is -3.40. The summed E-state index contributed by atoms with van der Waals surface area (Å²) in [6.07, 6.45) is -4.07. The number of carbonyl (C=O) groups excluding carboxylic acids is 3. The molecule has 41 heavy (non-hydrogen) atoms. The van der Waals surface area contributed by atoms with Gasteiger partial charge in [-0.05, 0) is 49.3 Å². The van der Waals surface area contributed by atoms with Crippen molar-refractivity contribution in [1.29, 1.82) is 0 Å². The number of benzene rings is 2. The number of fused-ring (bicyclic) bond motifs is 1. The molecule has 2 aromatic carbocycles. The SMILES string of the molecule is Cc1ccc(C(=O)N2CC3CN(CC[C@H](NC(=O)C4CC(=O)N(CC(F)(F)F)C4)c4ccccc4)CC3C2)c(C)c1. The number of nitrogens with one attached hydrogen (secondary N) is 1. The number of amides is 3. The molecule has 0 bridgehead atoms. The largest absolute Gasteiger partial charge is 0.406 e. The molecule has 3 saturated heterocycles. The minimum atomic E-state index is -4.49. The number of halogens is 3. The van der Waals surface area contributed by atoms with E-state index in [-0.39, 0.29) is 24.9 Å². The quantitative estimate of drug-likeness (QED) is 0.522. The van der Waals surface area contributed by atoms with Crippen LogP contribution in [0.25, 0.3) is 0 Å². The van der Waals surface area contributed by atoms with E-state index in [0.717, 1.165) is 59.9 Å². The van der Waals surface area contributed by atoms with Crippen LogP contribution in [-0.2, 0) is 9.59 Å². The smallest absolute Gasteiger partial charge is 0.349 e. The van der Waals surface area contributed by atoms with Gasteiger partial charge in [-0.15, -0.1) is 0 Å². The van der Waals surface area contributed by atoms with Crippen LogP contribution in [0.4, 0.5) is 13.2 Å². The molecule has 3 aliphatic rings. The fraction of sp³-hybridized carbons (Fsp3) is 0.516. The summed E-state index contributed by atoms with van der Waals surface area (Å²) in [4.78, 5) is 43.4. The van der Waals surface area contributed by atoms with Gasteiger partial charge in [-0.3, -0.25) is 14.4 Å². The zero-order chi connectivity index (χ0) is 29.3. The predicted octanol–water partition coefficient (Wildman–Crippen LogP) is 3.97. The zero-order valence-electron chi connectivity index (χ0n) is 23.5. The molecule has 5 rings (SSSR count). The predicted molar refractivity (Wildman–Crippen MR) is 148 cm³/mol. The minimum Gasteiger partial charge on any atom is -0.349 e. The Bertz CT molecular complexity index is 1270. The maximum Gasteiger partial charge on any atom is 0.406 e. The van der Waals surface area contributed by atoms with Crippen molar-refractivity contribution in [1.82, 2.24) is 20.0 Å². The van der Waals surface area contributed by atoms with E-state index in [1.807, 2.05) is 67.3 Å². The van der Waals surface area contributed by atoms with Crippen molar-refractivity contribution in [3.05, 3.63) is 70.8 Å². The summed E-state index contributed by atoms with van der Waals surface area (Å²) in [7, 11) is 0. The van der Waals surface area contributed by atoms with Gasteiger partial charge in [0.25, 0.3) is 5.91 Å². The van der Waals surface area contributed by atoms with Gasteiger partial charge in [0, 0.05) is 51.3 Å². The summed E-state index contributed by atoms with van der Waals surface area (Å²) in [5.41, 5.74) is 3.82. The van der Waals surface area contributed by atoms with Crippen molar-refractivity contribution in [3.8, 4) is 0 Å². The fourth-order valence-corrected chi connectivity index (χ4v) is 6.59. The molecule has 0 aliphatic carbocycles. The van der Waals surface area contributed by atoms with Gasteiger partial charge in [0.15, 0.2) is 0 Å². The van der Waals surface area contributed by atoms with Crippen LogP contribution in [0.3, 0.4) is 0 Å². The van der Waals surface area contributed by atoms with Gasteiger partial charge in [-0.2, -0.15) is 13.2 Å². The van der Waals surface area contributed by atoms with Crippen LogP contribution in [0, 0.1) is 31.6 Å². The molecule has 4 atom stereocenters. The molecule has 3 amide bonds. The van der Waals surface area contributed by atoms with Crippen LogP contribution in [0.2, 0.25) is 0 Å². The van der Waals surface area contributed by atoms with Crippen molar-refractivity contribution in [2.24, 2.45) is 17.8 Å². The van der Waals surface area contributed by atoms with Gasteiger partial charge in [0.2, 0.25) is 11.8 Å². The molecule has 3 fully saturated rings. The molecule has 7 nitrogen and oxygen atoms in total. The summed E-state index contributed by atoms with van der Waals surface area (Å²) < 4.78 is 38.5. The van der Waals surface area contributed by atoms with Crippen molar-refractivity contribution in [3.63, 3.8) is 0 Å². The first-order chi connectivity index (χ1) is 19.5. The average Bonchev–Trinajstić information content (AvgIpc) is 3.59. The highest BCUT2D eigenvalue weighted by atomic mass is 19.4. The van der Waals surface area contributed by atoms with E-state index < -0.39 is 30.5 Å². The number of hydrogen-bond acceptors (Lipinski definition) is 4. The average molecular weight is 571 g/mol. The summed E-state index contributed by atoms with van der Waals surface area (Å²) in [5.74, 6) is -0.947. The van der Waals surface area contributed by atoms with Crippen LogP contribution in [0.5, 0.6) is 0 Å². The fourth-order valence-electron chi connectivity index (χ4n) is 6.59. The standard InChI is InChI=1S/C31H37F3N4O3/c1-20-8-9-26(21(2)12-20)30(41)37-17-24-14-36(15-25(24)18-37)11-10-27(22-6-4-3-5-7-22)35-29(40)23-13-28(39)38(16-23)19-31(32,33)34/h3-9,12,23-25,27H,10-11,13-19H2,1-2H3,(H,35,40)/t23?,24?,25?,27-/m0/s1. The second kappa shape index (κ2) is 11.8. The van der Waals surface area contributed by atoms with E-state index in [9.17, 15) is 27.6 Å². The van der Waals surface area contributed by atoms with Gasteiger partial charge >= 0.3 is 6.18 Å². The van der Waals surface area contributed by atoms with E-state index in [4.69, 9.17) is 0 Å². The molecule has 220 valence electrons. The van der Waals surface area contributed by atoms with E-state index in [1.54, 1.807) is 0 Å². The van der Waals surface area contributed by atoms with Crippen LogP contribution in [-0.4, -0.2) is 84.4 Å². The minimum absolute atomic E-state index is 0.0921. The Labute approximate surface area is 238 Å². The van der Waals surface area contributed by atoms with Gasteiger partial charge in [0.05, 0.1) is 12.0 Å². The lowest BCUT2D eigenvalue weighted by atomic mass is 10.0. The van der Waals surface area contributed by atoms with Crippen molar-refractivity contribution in [2.45, 2.75) is 38.9 Å². The lowest BCUT2D eigenvalue weighted by molar-refractivity contribution is -0.157. The first-order valence-corrected chi connectivity index (χ1v) is 14.3. The Morgan fingerprint density at radius 3 is 2.29 bits per heavy atom. The third-order valence-corrected chi connectivity index (χ3v) is 8.67. The Kier molecular flexibility index (Phi) is 8.40. The normalized spacial score (nSPS) is 23.6. The van der Waals surface area contributed by atoms with Crippen molar-refractivity contribution < 1.29 is 27.6 Å². The Morgan fingerprint density at radius 2 is 1.66 bits per heavy atom. The molecule has 3 aliphatic heterocycles. The van der Waals surface area contributed by atoms with Gasteiger partial charge in [-0.25, -0.2) is 0 Å². The summed E-state index contributed by atoms with van der Waals surface area (Å²) >= 11 is 0. The summed E-state index contributed by atoms with van der Waals surface area (Å²) in [6, 6.07) is 15.1. The molecular formula is C31H37F3N4O3. The number of aryl methyl sites for hydroxylation is 2. The van der Waals surface area contributed by atoms with Crippen LogP contribution >= 0.6 is 0 Å². The maximum absolute atomic E-state index is 13.2. The van der Waals surface area contributed by atoms with Crippen molar-refractivity contribution in [2.75, 3.05) is 45.8 Å². The Balaban J connectivity index is 1.16. The number of rotatable bonds is 8. The highest BCUT2D eigenvalue weighted by Crippen LogP contribution is 2.33. The van der Waals surface area contributed by atoms with Crippen LogP contribution in [0.1, 0.15) is 45.9 Å². The third kappa shape index (κ3) is 6.92. The second-order valence-corrected chi connectivity index (χ2v) is 11.9. The maximum atomic E-state index is 13.2. The number of carbonyl (C=O) groups is 3. The monoisotopic (exact) mass is 570 g/mol. The first-order valence-electron chi connectivity index (χ1n) is 14.3. The topological polar surface area (TPSA) is 73.0 Å². The molecule has 1 N–H and O–H groups in total. The lowest BCUT2D eigenvalue weighted by Gasteiger charge is -2.26. The zero-order valence-corrected chi connectivity index (χ0v) is 23.5. The lowest BCUT2D eigenvalue weighted by Crippen LogP contribution is -2.39. The van der Waals surface area contributed by atoms with E-state index in [2.05, 4.69) is 10.2 Å². The molecule has 10 heteroatoms. The highest BCUT2D eigenvalue weighted by molar-refractivity contribution is 5.96. The number of alkyl halides is 3. The van der Waals surface area contributed by atoms with Crippen molar-refractivity contribution >= 4 is 17.7 Å². The van der Waals surface area contributed by atoms with Gasteiger partial charge in [0.1, 0.15) is 6.54 Å². The molecule has 3 unspecified atom stereocenters. The summed E-state index contributed by atoms with van der Waals surface area (Å²) in [5, 5.41) is 3.02. The molecule has 0 spiro atoms. The highest BCUT2D eigenvalue weighted by Gasteiger charge is 2.43. The van der Waals surface area contributed by atoms with E-state index in [0.29, 0.717) is 18.3 Å². The molecule has 3 heterocycles. The third-order valence-electron chi connectivity index (χ3n) is 8.67.